The molecule has 0 aromatic heterocycles. The molecular formula is C25H32N4O5. The second-order valence-corrected chi connectivity index (χ2v) is 8.94. The molecule has 2 aliphatic rings. The quantitative estimate of drug-likeness (QED) is 0.463. The Bertz CT molecular complexity index is 997. The average molecular weight is 469 g/mol. The number of nitro groups is 1. The molecule has 0 unspecified atom stereocenters. The van der Waals surface area contributed by atoms with E-state index in [4.69, 9.17) is 9.47 Å². The van der Waals surface area contributed by atoms with Gasteiger partial charge in [0.1, 0.15) is 11.4 Å². The number of hydrogen-bond acceptors (Lipinski definition) is 7. The molecule has 2 fully saturated rings. The van der Waals surface area contributed by atoms with Gasteiger partial charge in [-0.3, -0.25) is 14.9 Å². The molecule has 0 saturated carbocycles. The lowest BCUT2D eigenvalue weighted by Crippen LogP contribution is -2.48. The summed E-state index contributed by atoms with van der Waals surface area (Å²) in [6.45, 7) is 7.70. The zero-order chi connectivity index (χ0) is 24.1. The molecule has 2 heterocycles. The Balaban J connectivity index is 1.37. The summed E-state index contributed by atoms with van der Waals surface area (Å²) in [5, 5.41) is 14.7. The molecule has 0 spiro atoms. The Morgan fingerprint density at radius 1 is 1.18 bits per heavy atom. The predicted molar refractivity (Wildman–Crippen MR) is 131 cm³/mol. The van der Waals surface area contributed by atoms with Crippen molar-refractivity contribution in [3.8, 4) is 5.75 Å². The van der Waals surface area contributed by atoms with Crippen LogP contribution in [0.5, 0.6) is 5.75 Å². The third-order valence-corrected chi connectivity index (χ3v) is 6.13. The van der Waals surface area contributed by atoms with Gasteiger partial charge < -0.3 is 24.6 Å². The first-order valence-corrected chi connectivity index (χ1v) is 11.9. The molecule has 0 aliphatic carbocycles. The van der Waals surface area contributed by atoms with E-state index in [-0.39, 0.29) is 28.7 Å². The number of anilines is 2. The number of hydrogen-bond donors (Lipinski definition) is 1. The van der Waals surface area contributed by atoms with Crippen LogP contribution in [-0.2, 0) is 4.74 Å². The van der Waals surface area contributed by atoms with Crippen molar-refractivity contribution in [2.45, 2.75) is 38.9 Å². The van der Waals surface area contributed by atoms with Crippen LogP contribution in [0.15, 0.2) is 42.5 Å². The van der Waals surface area contributed by atoms with Gasteiger partial charge in [-0.2, -0.15) is 0 Å². The molecule has 2 aliphatic heterocycles. The van der Waals surface area contributed by atoms with E-state index >= 15 is 0 Å². The van der Waals surface area contributed by atoms with E-state index in [1.54, 1.807) is 24.3 Å². The van der Waals surface area contributed by atoms with Crippen molar-refractivity contribution >= 4 is 23.0 Å². The Kier molecular flexibility index (Phi) is 7.52. The first-order valence-electron chi connectivity index (χ1n) is 11.9. The van der Waals surface area contributed by atoms with Crippen molar-refractivity contribution in [3.63, 3.8) is 0 Å². The summed E-state index contributed by atoms with van der Waals surface area (Å²) in [6.07, 6.45) is 2.15. The van der Waals surface area contributed by atoms with E-state index in [1.165, 1.54) is 0 Å². The van der Waals surface area contributed by atoms with Crippen LogP contribution < -0.4 is 15.0 Å². The molecule has 9 nitrogen and oxygen atoms in total. The maximum Gasteiger partial charge on any atom is 0.292 e. The van der Waals surface area contributed by atoms with E-state index in [9.17, 15) is 14.9 Å². The summed E-state index contributed by atoms with van der Waals surface area (Å²) in [6, 6.07) is 12.4. The summed E-state index contributed by atoms with van der Waals surface area (Å²) in [7, 11) is 0. The molecule has 1 atom stereocenters. The highest BCUT2D eigenvalue weighted by molar-refractivity contribution is 5.94. The highest BCUT2D eigenvalue weighted by Gasteiger charge is 2.24. The monoisotopic (exact) mass is 468 g/mol. The van der Waals surface area contributed by atoms with Crippen LogP contribution in [0.4, 0.5) is 17.1 Å². The minimum atomic E-state index is -0.365. The van der Waals surface area contributed by atoms with Crippen LogP contribution in [-0.4, -0.2) is 67.3 Å². The Labute approximate surface area is 199 Å². The molecule has 2 aromatic carbocycles. The SMILES string of the molecule is CC(C)Oc1ccc(C(=O)N2CCN(c3ccc([N+](=O)[O-])c(NC[C@H]4CCCO4)c3)CC2)cc1. The maximum atomic E-state index is 12.9. The fourth-order valence-corrected chi connectivity index (χ4v) is 4.35. The van der Waals surface area contributed by atoms with E-state index in [0.29, 0.717) is 44.0 Å². The number of carbonyl (C=O) groups is 1. The van der Waals surface area contributed by atoms with Gasteiger partial charge in [-0.15, -0.1) is 0 Å². The lowest BCUT2D eigenvalue weighted by atomic mass is 10.1. The van der Waals surface area contributed by atoms with Crippen LogP contribution in [0.3, 0.4) is 0 Å². The number of nitro benzene ring substituents is 1. The highest BCUT2D eigenvalue weighted by Crippen LogP contribution is 2.31. The number of rotatable bonds is 8. The molecule has 0 radical (unpaired) electrons. The van der Waals surface area contributed by atoms with Crippen molar-refractivity contribution < 1.29 is 19.2 Å². The van der Waals surface area contributed by atoms with Gasteiger partial charge in [-0.25, -0.2) is 0 Å². The Morgan fingerprint density at radius 3 is 2.53 bits per heavy atom. The van der Waals surface area contributed by atoms with Crippen LogP contribution in [0.1, 0.15) is 37.0 Å². The largest absolute Gasteiger partial charge is 0.491 e. The summed E-state index contributed by atoms with van der Waals surface area (Å²) in [5.74, 6) is 0.747. The second kappa shape index (κ2) is 10.7. The molecule has 9 heteroatoms. The molecule has 0 bridgehead atoms. The van der Waals surface area contributed by atoms with E-state index < -0.39 is 0 Å². The van der Waals surface area contributed by atoms with Gasteiger partial charge in [-0.05, 0) is 63.1 Å². The zero-order valence-electron chi connectivity index (χ0n) is 19.7. The summed E-state index contributed by atoms with van der Waals surface area (Å²) >= 11 is 0. The number of amides is 1. The molecule has 2 saturated heterocycles. The molecule has 4 rings (SSSR count). The number of nitrogens with zero attached hydrogens (tertiary/aromatic N) is 3. The number of nitrogens with one attached hydrogen (secondary N) is 1. The van der Waals surface area contributed by atoms with Gasteiger partial charge >= 0.3 is 0 Å². The fourth-order valence-electron chi connectivity index (χ4n) is 4.35. The second-order valence-electron chi connectivity index (χ2n) is 8.94. The van der Waals surface area contributed by atoms with Gasteiger partial charge in [0, 0.05) is 56.6 Å². The number of piperazine rings is 1. The first kappa shape index (κ1) is 23.8. The molecule has 1 amide bonds. The van der Waals surface area contributed by atoms with Crippen molar-refractivity contribution in [3.05, 3.63) is 58.1 Å². The van der Waals surface area contributed by atoms with Gasteiger partial charge in [-0.1, -0.05) is 0 Å². The first-order chi connectivity index (χ1) is 16.4. The maximum absolute atomic E-state index is 12.9. The zero-order valence-corrected chi connectivity index (χ0v) is 19.7. The average Bonchev–Trinajstić information content (AvgIpc) is 3.36. The summed E-state index contributed by atoms with van der Waals surface area (Å²) in [4.78, 5) is 28.1. The Hall–Kier alpha value is -3.33. The van der Waals surface area contributed by atoms with Crippen LogP contribution >= 0.6 is 0 Å². The van der Waals surface area contributed by atoms with Crippen molar-refractivity contribution in [1.82, 2.24) is 4.90 Å². The van der Waals surface area contributed by atoms with Gasteiger partial charge in [0.05, 0.1) is 17.1 Å². The Morgan fingerprint density at radius 2 is 1.91 bits per heavy atom. The van der Waals surface area contributed by atoms with Gasteiger partial charge in [0.15, 0.2) is 0 Å². The summed E-state index contributed by atoms with van der Waals surface area (Å²) < 4.78 is 11.3. The minimum absolute atomic E-state index is 0.00151. The number of carbonyl (C=O) groups excluding carboxylic acids is 1. The van der Waals surface area contributed by atoms with Gasteiger partial charge in [0.2, 0.25) is 0 Å². The molecule has 182 valence electrons. The molecular weight excluding hydrogens is 436 g/mol. The van der Waals surface area contributed by atoms with E-state index in [2.05, 4.69) is 10.2 Å². The number of ether oxygens (including phenoxy) is 2. The smallest absolute Gasteiger partial charge is 0.292 e. The highest BCUT2D eigenvalue weighted by atomic mass is 16.6. The van der Waals surface area contributed by atoms with E-state index in [1.807, 2.05) is 36.9 Å². The third-order valence-electron chi connectivity index (χ3n) is 6.13. The van der Waals surface area contributed by atoms with E-state index in [0.717, 1.165) is 30.9 Å². The summed E-state index contributed by atoms with van der Waals surface area (Å²) in [5.41, 5.74) is 2.10. The fraction of sp³-hybridized carbons (Fsp3) is 0.480. The van der Waals surface area contributed by atoms with Crippen molar-refractivity contribution in [2.24, 2.45) is 0 Å². The molecule has 1 N–H and O–H groups in total. The topological polar surface area (TPSA) is 97.2 Å². The van der Waals surface area contributed by atoms with Crippen LogP contribution in [0.2, 0.25) is 0 Å². The lowest BCUT2D eigenvalue weighted by Gasteiger charge is -2.36. The minimum Gasteiger partial charge on any atom is -0.491 e. The van der Waals surface area contributed by atoms with Crippen molar-refractivity contribution in [1.29, 1.82) is 0 Å². The molecule has 34 heavy (non-hydrogen) atoms. The predicted octanol–water partition coefficient (Wildman–Crippen LogP) is 3.94. The third kappa shape index (κ3) is 5.77. The lowest BCUT2D eigenvalue weighted by molar-refractivity contribution is -0.383. The normalized spacial score (nSPS) is 18.3. The molecule has 2 aromatic rings. The van der Waals surface area contributed by atoms with Crippen LogP contribution in [0, 0.1) is 10.1 Å². The van der Waals surface area contributed by atoms with Gasteiger partial charge in [0.25, 0.3) is 11.6 Å². The van der Waals surface area contributed by atoms with Crippen LogP contribution in [0.25, 0.3) is 0 Å². The standard InChI is InChI=1S/C25H32N4O5/c1-18(2)34-21-8-5-19(6-9-21)25(30)28-13-11-27(12-14-28)20-7-10-24(29(31)32)23(16-20)26-17-22-4-3-15-33-22/h5-10,16,18,22,26H,3-4,11-15,17H2,1-2H3/t22-/m1/s1. The number of benzene rings is 2. The van der Waals surface area contributed by atoms with Crippen molar-refractivity contribution in [2.75, 3.05) is 49.5 Å².